The molecule has 6 amide bonds. The molecule has 0 aliphatic rings. The first-order valence-electron chi connectivity index (χ1n) is 18.7. The monoisotopic (exact) mass is 739 g/mol. The van der Waals surface area contributed by atoms with Crippen molar-refractivity contribution < 1.29 is 38.3 Å². The van der Waals surface area contributed by atoms with Crippen LogP contribution in [-0.4, -0.2) is 121 Å². The maximum absolute atomic E-state index is 14.1. The number of likely N-dealkylation sites (N-methyl/N-ethyl adjacent to an activating group) is 3. The van der Waals surface area contributed by atoms with Gasteiger partial charge in [-0.15, -0.1) is 0 Å². The van der Waals surface area contributed by atoms with Crippen molar-refractivity contribution in [3.8, 4) is 0 Å². The Morgan fingerprint density at radius 3 is 1.44 bits per heavy atom. The Morgan fingerprint density at radius 2 is 1.00 bits per heavy atom. The Hall–Kier alpha value is -3.71. The van der Waals surface area contributed by atoms with Crippen molar-refractivity contribution in [2.45, 2.75) is 145 Å². The number of carbonyl (C=O) groups excluding carboxylic acids is 7. The molecule has 0 saturated carbocycles. The highest BCUT2D eigenvalue weighted by Gasteiger charge is 2.38. The molecule has 0 aliphatic heterocycles. The molecule has 0 aromatic heterocycles. The second-order valence-corrected chi connectivity index (χ2v) is 15.8. The number of nitrogens with zero attached hydrogens (tertiary/aromatic N) is 3. The highest BCUT2D eigenvalue weighted by atomic mass is 16.5. The number of rotatable bonds is 21. The highest BCUT2D eigenvalue weighted by Crippen LogP contribution is 2.18. The van der Waals surface area contributed by atoms with Gasteiger partial charge in [-0.1, -0.05) is 75.7 Å². The summed E-state index contributed by atoms with van der Waals surface area (Å²) in [4.78, 5) is 97.5. The number of nitrogens with one attached hydrogen (secondary N) is 3. The van der Waals surface area contributed by atoms with Gasteiger partial charge >= 0.3 is 5.97 Å². The molecule has 0 aromatic rings. The number of hydrogen-bond donors (Lipinski definition) is 3. The largest absolute Gasteiger partial charge is 0.467 e. The molecular weight excluding hydrogens is 668 g/mol. The van der Waals surface area contributed by atoms with E-state index in [1.807, 2.05) is 55.4 Å². The van der Waals surface area contributed by atoms with Crippen molar-refractivity contribution in [2.24, 2.45) is 29.6 Å². The van der Waals surface area contributed by atoms with Gasteiger partial charge in [-0.3, -0.25) is 28.8 Å². The van der Waals surface area contributed by atoms with Crippen LogP contribution in [0.25, 0.3) is 0 Å². The minimum atomic E-state index is -1.02. The van der Waals surface area contributed by atoms with Crippen LogP contribution >= 0.6 is 0 Å². The van der Waals surface area contributed by atoms with E-state index in [1.54, 1.807) is 34.7 Å². The van der Waals surface area contributed by atoms with Crippen LogP contribution in [0.1, 0.15) is 109 Å². The van der Waals surface area contributed by atoms with Gasteiger partial charge < -0.3 is 35.4 Å². The topological polar surface area (TPSA) is 175 Å². The molecule has 0 unspecified atom stereocenters. The van der Waals surface area contributed by atoms with E-state index in [0.717, 1.165) is 0 Å². The molecule has 0 bridgehead atoms. The van der Waals surface area contributed by atoms with E-state index < -0.39 is 71.8 Å². The number of ether oxygens (including phenoxy) is 1. The fraction of sp³-hybridized carbons (Fsp3) is 0.816. The van der Waals surface area contributed by atoms with Crippen LogP contribution in [0.2, 0.25) is 0 Å². The van der Waals surface area contributed by atoms with Gasteiger partial charge in [0, 0.05) is 27.1 Å². The zero-order chi connectivity index (χ0) is 40.8. The van der Waals surface area contributed by atoms with E-state index in [0.29, 0.717) is 19.3 Å². The SMILES string of the molecule is CC[C@H](C)[C@@H](NC(=O)[C@@H](CC(C)C)NC(=O)[C@@H](C)N(C)C(=O)C(C)C)C(=O)N(C)[C@@H](C)C(=O)N(C)[C@@H](CC(C)C)C(=O)N[C@@H](CC(C)C)C(=O)OC. The summed E-state index contributed by atoms with van der Waals surface area (Å²) in [6.45, 7) is 21.8. The lowest BCUT2D eigenvalue weighted by Gasteiger charge is -2.36. The van der Waals surface area contributed by atoms with Crippen molar-refractivity contribution in [1.29, 1.82) is 0 Å². The minimum Gasteiger partial charge on any atom is -0.467 e. The van der Waals surface area contributed by atoms with Crippen molar-refractivity contribution in [2.75, 3.05) is 28.3 Å². The fourth-order valence-corrected chi connectivity index (χ4v) is 5.71. The molecule has 52 heavy (non-hydrogen) atoms. The van der Waals surface area contributed by atoms with E-state index >= 15 is 0 Å². The summed E-state index contributed by atoms with van der Waals surface area (Å²) in [5, 5.41) is 8.41. The maximum atomic E-state index is 14.1. The van der Waals surface area contributed by atoms with Crippen molar-refractivity contribution in [1.82, 2.24) is 30.7 Å². The van der Waals surface area contributed by atoms with Crippen LogP contribution in [-0.2, 0) is 38.3 Å². The summed E-state index contributed by atoms with van der Waals surface area (Å²) in [7, 11) is 5.77. The number of methoxy groups -OCH3 is 1. The first kappa shape index (κ1) is 48.3. The molecule has 3 N–H and O–H groups in total. The second-order valence-electron chi connectivity index (χ2n) is 15.8. The lowest BCUT2D eigenvalue weighted by atomic mass is 9.95. The van der Waals surface area contributed by atoms with Crippen LogP contribution in [0, 0.1) is 29.6 Å². The molecule has 7 atom stereocenters. The molecule has 0 rings (SSSR count). The molecule has 14 nitrogen and oxygen atoms in total. The van der Waals surface area contributed by atoms with Gasteiger partial charge in [0.1, 0.15) is 36.3 Å². The summed E-state index contributed by atoms with van der Waals surface area (Å²) in [6, 6.07) is -5.66. The average molecular weight is 739 g/mol. The molecule has 0 radical (unpaired) electrons. The molecule has 300 valence electrons. The van der Waals surface area contributed by atoms with E-state index in [4.69, 9.17) is 4.74 Å². The van der Waals surface area contributed by atoms with Gasteiger partial charge in [0.05, 0.1) is 7.11 Å². The summed E-state index contributed by atoms with van der Waals surface area (Å²) in [5.74, 6) is -3.85. The van der Waals surface area contributed by atoms with Gasteiger partial charge in [-0.2, -0.15) is 0 Å². The number of esters is 1. The molecular formula is C38H70N6O8. The van der Waals surface area contributed by atoms with Crippen LogP contribution in [0.4, 0.5) is 0 Å². The predicted octanol–water partition coefficient (Wildman–Crippen LogP) is 2.98. The van der Waals surface area contributed by atoms with Gasteiger partial charge in [0.15, 0.2) is 0 Å². The van der Waals surface area contributed by atoms with Crippen molar-refractivity contribution in [3.63, 3.8) is 0 Å². The van der Waals surface area contributed by atoms with Crippen molar-refractivity contribution >= 4 is 41.4 Å². The Kier molecular flexibility index (Phi) is 20.8. The van der Waals surface area contributed by atoms with Crippen LogP contribution in [0.15, 0.2) is 0 Å². The second kappa shape index (κ2) is 22.4. The average Bonchev–Trinajstić information content (AvgIpc) is 3.07. The number of hydrogen-bond acceptors (Lipinski definition) is 8. The lowest BCUT2D eigenvalue weighted by Crippen LogP contribution is -2.60. The third-order valence-electron chi connectivity index (χ3n) is 9.53. The quantitative estimate of drug-likeness (QED) is 0.151. The van der Waals surface area contributed by atoms with E-state index in [1.165, 1.54) is 35.9 Å². The molecule has 0 aliphatic carbocycles. The number of amides is 6. The van der Waals surface area contributed by atoms with E-state index in [-0.39, 0.29) is 41.9 Å². The normalized spacial score (nSPS) is 15.5. The minimum absolute atomic E-state index is 0.0132. The molecule has 0 fully saturated rings. The third-order valence-corrected chi connectivity index (χ3v) is 9.53. The summed E-state index contributed by atoms with van der Waals surface area (Å²) < 4.78 is 4.90. The Bertz CT molecular complexity index is 1220. The summed E-state index contributed by atoms with van der Waals surface area (Å²) in [6.07, 6.45) is 1.48. The highest BCUT2D eigenvalue weighted by molar-refractivity contribution is 5.96. The number of carbonyl (C=O) groups is 7. The zero-order valence-electron chi connectivity index (χ0n) is 34.8. The smallest absolute Gasteiger partial charge is 0.328 e. The fourth-order valence-electron chi connectivity index (χ4n) is 5.71. The first-order chi connectivity index (χ1) is 23.9. The van der Waals surface area contributed by atoms with Crippen LogP contribution in [0.3, 0.4) is 0 Å². The van der Waals surface area contributed by atoms with Gasteiger partial charge in [-0.05, 0) is 56.8 Å². The van der Waals surface area contributed by atoms with Crippen LogP contribution < -0.4 is 16.0 Å². The standard InChI is InChI=1S/C38H70N6O8/c1-17-25(10)31(41-33(46)28(18-21(2)3)39-32(45)26(11)42(13)35(48)24(8)9)37(50)43(14)27(12)36(49)44(15)30(20-23(6)7)34(47)40-29(19-22(4)5)38(51)52-16/h21-31H,17-20H2,1-16H3,(H,39,45)(H,40,47)(H,41,46)/t25-,26+,27-,28+,29-,30-,31+/m0/s1. The van der Waals surface area contributed by atoms with Gasteiger partial charge in [0.25, 0.3) is 0 Å². The van der Waals surface area contributed by atoms with Crippen LogP contribution in [0.5, 0.6) is 0 Å². The molecule has 0 aromatic carbocycles. The Labute approximate surface area is 312 Å². The summed E-state index contributed by atoms with van der Waals surface area (Å²) >= 11 is 0. The maximum Gasteiger partial charge on any atom is 0.328 e. The Morgan fingerprint density at radius 1 is 0.538 bits per heavy atom. The predicted molar refractivity (Wildman–Crippen MR) is 201 cm³/mol. The molecule has 0 saturated heterocycles. The van der Waals surface area contributed by atoms with Crippen molar-refractivity contribution in [3.05, 3.63) is 0 Å². The first-order valence-corrected chi connectivity index (χ1v) is 18.7. The van der Waals surface area contributed by atoms with E-state index in [9.17, 15) is 33.6 Å². The van der Waals surface area contributed by atoms with Gasteiger partial charge in [0.2, 0.25) is 35.4 Å². The molecule has 14 heteroatoms. The third kappa shape index (κ3) is 14.7. The Balaban J connectivity index is 6.25. The lowest BCUT2D eigenvalue weighted by molar-refractivity contribution is -0.150. The van der Waals surface area contributed by atoms with Gasteiger partial charge in [-0.25, -0.2) is 4.79 Å². The van der Waals surface area contributed by atoms with E-state index in [2.05, 4.69) is 16.0 Å². The molecule has 0 spiro atoms. The summed E-state index contributed by atoms with van der Waals surface area (Å²) in [5.41, 5.74) is 0. The molecule has 0 heterocycles. The zero-order valence-corrected chi connectivity index (χ0v) is 34.8.